The Morgan fingerprint density at radius 1 is 1.36 bits per heavy atom. The van der Waals surface area contributed by atoms with Crippen LogP contribution in [-0.2, 0) is 4.74 Å². The number of hydrogen-bond acceptors (Lipinski definition) is 2. The highest BCUT2D eigenvalue weighted by atomic mass is 127. The first-order chi connectivity index (χ1) is 5.24. The van der Waals surface area contributed by atoms with Gasteiger partial charge >= 0.3 is 5.97 Å². The Labute approximate surface area is 78.7 Å². The Morgan fingerprint density at radius 2 is 1.91 bits per heavy atom. The Morgan fingerprint density at radius 3 is 2.36 bits per heavy atom. The second kappa shape index (κ2) is 3.71. The van der Waals surface area contributed by atoms with Gasteiger partial charge in [-0.3, -0.25) is 0 Å². The molecule has 1 aromatic carbocycles. The molecule has 0 aliphatic rings. The van der Waals surface area contributed by atoms with Crippen molar-refractivity contribution in [2.24, 2.45) is 0 Å². The number of esters is 1. The van der Waals surface area contributed by atoms with Crippen LogP contribution in [0.3, 0.4) is 0 Å². The molecule has 57 valence electrons. The number of carbonyl (C=O) groups excluding carboxylic acids is 1. The van der Waals surface area contributed by atoms with Crippen molar-refractivity contribution in [3.05, 3.63) is 40.5 Å². The van der Waals surface area contributed by atoms with Crippen LogP contribution in [0.4, 0.5) is 0 Å². The van der Waals surface area contributed by atoms with Crippen LogP contribution < -0.4 is 0 Å². The molecule has 0 saturated carbocycles. The molecule has 0 fully saturated rings. The van der Waals surface area contributed by atoms with Gasteiger partial charge in [-0.1, -0.05) is 0 Å². The predicted molar refractivity (Wildman–Crippen MR) is 49.9 cm³/mol. The lowest BCUT2D eigenvalue weighted by molar-refractivity contribution is 0.0654. The molecule has 0 N–H and O–H groups in total. The summed E-state index contributed by atoms with van der Waals surface area (Å²) in [5.41, 5.74) is 0.528. The topological polar surface area (TPSA) is 26.3 Å². The third-order valence-electron chi connectivity index (χ3n) is 1.21. The van der Waals surface area contributed by atoms with Crippen molar-refractivity contribution in [1.29, 1.82) is 0 Å². The van der Waals surface area contributed by atoms with Crippen molar-refractivity contribution in [3.8, 4) is 0 Å². The zero-order valence-electron chi connectivity index (χ0n) is 5.71. The summed E-state index contributed by atoms with van der Waals surface area (Å²) in [6, 6.07) is 7.09. The maximum Gasteiger partial charge on any atom is 0.338 e. The van der Waals surface area contributed by atoms with Crippen molar-refractivity contribution < 1.29 is 9.53 Å². The predicted octanol–water partition coefficient (Wildman–Crippen LogP) is 2.24. The summed E-state index contributed by atoms with van der Waals surface area (Å²) in [6.45, 7) is 0. The summed E-state index contributed by atoms with van der Waals surface area (Å²) in [4.78, 5) is 10.8. The number of hydrogen-bond donors (Lipinski definition) is 0. The van der Waals surface area contributed by atoms with E-state index in [0.717, 1.165) is 3.57 Å². The summed E-state index contributed by atoms with van der Waals surface area (Å²) in [5.74, 6) is -0.401. The van der Waals surface area contributed by atoms with E-state index in [1.165, 1.54) is 0 Å². The van der Waals surface area contributed by atoms with Crippen LogP contribution in [0, 0.1) is 10.7 Å². The number of carbonyl (C=O) groups is 1. The molecule has 11 heavy (non-hydrogen) atoms. The van der Waals surface area contributed by atoms with E-state index in [4.69, 9.17) is 0 Å². The van der Waals surface area contributed by atoms with Gasteiger partial charge in [0, 0.05) is 3.57 Å². The molecule has 0 atom stereocenters. The van der Waals surface area contributed by atoms with Gasteiger partial charge in [-0.25, -0.2) is 4.79 Å². The minimum atomic E-state index is -0.401. The van der Waals surface area contributed by atoms with E-state index in [0.29, 0.717) is 5.56 Å². The van der Waals surface area contributed by atoms with Gasteiger partial charge in [-0.05, 0) is 46.9 Å². The van der Waals surface area contributed by atoms with Crippen LogP contribution >= 0.6 is 22.6 Å². The van der Waals surface area contributed by atoms with E-state index >= 15 is 0 Å². The molecule has 0 bridgehead atoms. The van der Waals surface area contributed by atoms with Crippen molar-refractivity contribution in [2.75, 3.05) is 0 Å². The quantitative estimate of drug-likeness (QED) is 0.572. The zero-order chi connectivity index (χ0) is 8.27. The number of ether oxygens (including phenoxy) is 1. The van der Waals surface area contributed by atoms with Gasteiger partial charge in [0.05, 0.1) is 5.56 Å². The van der Waals surface area contributed by atoms with Gasteiger partial charge in [-0.15, -0.1) is 0 Å². The molecule has 0 aliphatic heterocycles. The normalized spacial score (nSPS) is 9.27. The van der Waals surface area contributed by atoms with Crippen LogP contribution in [0.1, 0.15) is 10.4 Å². The number of benzene rings is 1. The summed E-state index contributed by atoms with van der Waals surface area (Å²) < 4.78 is 5.37. The number of halogens is 1. The Bertz CT molecular complexity index is 253. The fourth-order valence-corrected chi connectivity index (χ4v) is 1.03. The molecule has 0 amide bonds. The lowest BCUT2D eigenvalue weighted by atomic mass is 10.2. The molecule has 1 aromatic rings. The Hall–Kier alpha value is -0.580. The lowest BCUT2D eigenvalue weighted by Crippen LogP contribution is -1.98. The molecule has 2 nitrogen and oxygen atoms in total. The standard InChI is InChI=1S/C8H6IO2/c1-11-8(10)6-2-4-7(9)5-3-6/h2-5H,1H2. The average molecular weight is 261 g/mol. The summed E-state index contributed by atoms with van der Waals surface area (Å²) in [7, 11) is 3.03. The van der Waals surface area contributed by atoms with Crippen LogP contribution in [-0.4, -0.2) is 5.97 Å². The summed E-state index contributed by atoms with van der Waals surface area (Å²) >= 11 is 2.16. The van der Waals surface area contributed by atoms with Crippen molar-refractivity contribution in [1.82, 2.24) is 0 Å². The van der Waals surface area contributed by atoms with Crippen molar-refractivity contribution >= 4 is 28.6 Å². The van der Waals surface area contributed by atoms with E-state index in [1.807, 2.05) is 12.1 Å². The van der Waals surface area contributed by atoms with Gasteiger partial charge in [0.25, 0.3) is 0 Å². The molecule has 0 unspecified atom stereocenters. The molecular weight excluding hydrogens is 255 g/mol. The van der Waals surface area contributed by atoms with Crippen molar-refractivity contribution in [3.63, 3.8) is 0 Å². The fourth-order valence-electron chi connectivity index (χ4n) is 0.669. The molecule has 0 saturated heterocycles. The lowest BCUT2D eigenvalue weighted by Gasteiger charge is -1.96. The van der Waals surface area contributed by atoms with Gasteiger partial charge in [0.1, 0.15) is 7.11 Å². The first-order valence-corrected chi connectivity index (χ1v) is 4.04. The zero-order valence-corrected chi connectivity index (χ0v) is 7.87. The first-order valence-electron chi connectivity index (χ1n) is 2.96. The van der Waals surface area contributed by atoms with E-state index in [9.17, 15) is 4.79 Å². The second-order valence-corrected chi connectivity index (χ2v) is 3.18. The average Bonchev–Trinajstić information content (AvgIpc) is 2.05. The van der Waals surface area contributed by atoms with Crippen LogP contribution in [0.25, 0.3) is 0 Å². The van der Waals surface area contributed by atoms with E-state index in [1.54, 1.807) is 12.1 Å². The largest absolute Gasteiger partial charge is 0.458 e. The van der Waals surface area contributed by atoms with E-state index in [2.05, 4.69) is 34.4 Å². The second-order valence-electron chi connectivity index (χ2n) is 1.94. The first kappa shape index (κ1) is 8.52. The Balaban J connectivity index is 2.90. The van der Waals surface area contributed by atoms with E-state index in [-0.39, 0.29) is 0 Å². The minimum Gasteiger partial charge on any atom is -0.458 e. The minimum absolute atomic E-state index is 0.401. The monoisotopic (exact) mass is 261 g/mol. The van der Waals surface area contributed by atoms with Crippen molar-refractivity contribution in [2.45, 2.75) is 0 Å². The molecule has 1 radical (unpaired) electrons. The highest BCUT2D eigenvalue weighted by Gasteiger charge is 2.02. The van der Waals surface area contributed by atoms with Gasteiger partial charge in [0.2, 0.25) is 0 Å². The van der Waals surface area contributed by atoms with Gasteiger partial charge < -0.3 is 4.74 Å². The Kier molecular flexibility index (Phi) is 2.87. The maximum atomic E-state index is 10.8. The number of rotatable bonds is 1. The van der Waals surface area contributed by atoms with Crippen LogP contribution in [0.2, 0.25) is 0 Å². The van der Waals surface area contributed by atoms with E-state index < -0.39 is 5.97 Å². The third kappa shape index (κ3) is 2.18. The van der Waals surface area contributed by atoms with Crippen LogP contribution in [0.15, 0.2) is 24.3 Å². The fraction of sp³-hybridized carbons (Fsp3) is 0. The molecule has 0 spiro atoms. The maximum absolute atomic E-state index is 10.8. The highest BCUT2D eigenvalue weighted by Crippen LogP contribution is 2.07. The highest BCUT2D eigenvalue weighted by molar-refractivity contribution is 14.1. The smallest absolute Gasteiger partial charge is 0.338 e. The van der Waals surface area contributed by atoms with Gasteiger partial charge in [-0.2, -0.15) is 0 Å². The molecule has 0 aliphatic carbocycles. The molecule has 1 rings (SSSR count). The third-order valence-corrected chi connectivity index (χ3v) is 1.93. The molecule has 0 heterocycles. The van der Waals surface area contributed by atoms with Crippen LogP contribution in [0.5, 0.6) is 0 Å². The molecule has 0 aromatic heterocycles. The summed E-state index contributed by atoms with van der Waals surface area (Å²) in [6.07, 6.45) is 0. The SMILES string of the molecule is [CH2]OC(=O)c1ccc(I)cc1. The summed E-state index contributed by atoms with van der Waals surface area (Å²) in [5, 5.41) is 0. The van der Waals surface area contributed by atoms with Gasteiger partial charge in [0.15, 0.2) is 0 Å². The molecule has 3 heteroatoms. The molecular formula is C8H6IO2.